The zero-order valence-corrected chi connectivity index (χ0v) is 26.0. The van der Waals surface area contributed by atoms with Crippen LogP contribution < -0.4 is 0 Å². The van der Waals surface area contributed by atoms with E-state index < -0.39 is 0 Å². The molecule has 0 aromatic carbocycles. The molecule has 210 valence electrons. The smallest absolute Gasteiger partial charge is 0.0936 e. The van der Waals surface area contributed by atoms with Crippen LogP contribution in [0.4, 0.5) is 0 Å². The predicted molar refractivity (Wildman–Crippen MR) is 150 cm³/mol. The van der Waals surface area contributed by atoms with Crippen molar-refractivity contribution in [2.45, 2.75) is 133 Å². The normalized spacial score (nSPS) is 44.3. The Hall–Kier alpha value is -0.120. The molecule has 7 fully saturated rings. The molecule has 7 aliphatic rings. The summed E-state index contributed by atoms with van der Waals surface area (Å²) < 4.78 is 16.3. The van der Waals surface area contributed by atoms with Gasteiger partial charge in [0.25, 0.3) is 0 Å². The molecule has 0 radical (unpaired) electrons. The van der Waals surface area contributed by atoms with Gasteiger partial charge in [-0.1, -0.05) is 76.2 Å². The molecule has 0 spiro atoms. The fourth-order valence-corrected chi connectivity index (χ4v) is 7.39. The topological polar surface area (TPSA) is 34.3 Å². The fraction of sp³-hybridized carbons (Fsp3) is 1.00. The molecule has 7 rings (SSSR count). The van der Waals surface area contributed by atoms with Crippen LogP contribution in [0.1, 0.15) is 115 Å². The Labute approximate surface area is 224 Å². The number of epoxide rings is 2. The Morgan fingerprint density at radius 3 is 1.53 bits per heavy atom. The van der Waals surface area contributed by atoms with Gasteiger partial charge < -0.3 is 14.2 Å². The maximum absolute atomic E-state index is 5.83. The predicted octanol–water partition coefficient (Wildman–Crippen LogP) is 8.40. The summed E-state index contributed by atoms with van der Waals surface area (Å²) in [5.74, 6) is 6.66. The Kier molecular flexibility index (Phi) is 7.63. The summed E-state index contributed by atoms with van der Waals surface area (Å²) in [6.45, 7) is 29.5. The van der Waals surface area contributed by atoms with Crippen LogP contribution in [0.2, 0.25) is 0 Å². The van der Waals surface area contributed by atoms with Gasteiger partial charge in [0.05, 0.1) is 37.6 Å². The summed E-state index contributed by atoms with van der Waals surface area (Å²) in [5.41, 5.74) is 1.86. The van der Waals surface area contributed by atoms with E-state index in [0.29, 0.717) is 21.7 Å². The maximum atomic E-state index is 5.83. The standard InChI is InChI=1S/C13H18O.C8H16O.C7H14O.C5H12/c1-2-7-3-6(1)11-8-4-9(12(7)11)13-10(5-8)14-13;1-7(2,3)8(4)5-9-6-8;1-6(2,3)7(4)5-8-7;1-5(2,3)4/h6-13H,1-5H2;5-6H2,1-4H3;5H2,1-4H3;1-4H3. The molecule has 4 aliphatic carbocycles. The van der Waals surface area contributed by atoms with Gasteiger partial charge in [0.2, 0.25) is 0 Å². The minimum Gasteiger partial charge on any atom is -0.380 e. The highest BCUT2D eigenvalue weighted by Gasteiger charge is 2.66. The molecule has 4 saturated carbocycles. The van der Waals surface area contributed by atoms with Crippen LogP contribution in [0.15, 0.2) is 0 Å². The highest BCUT2D eigenvalue weighted by Crippen LogP contribution is 2.68. The molecule has 3 nitrogen and oxygen atoms in total. The number of hydrogen-bond acceptors (Lipinski definition) is 3. The van der Waals surface area contributed by atoms with E-state index in [9.17, 15) is 0 Å². The molecule has 3 aliphatic heterocycles. The third-order valence-corrected chi connectivity index (χ3v) is 11.1. The van der Waals surface area contributed by atoms with Crippen molar-refractivity contribution in [1.29, 1.82) is 0 Å². The van der Waals surface area contributed by atoms with E-state index >= 15 is 0 Å². The van der Waals surface area contributed by atoms with Crippen molar-refractivity contribution in [1.82, 2.24) is 0 Å². The average molecular weight is 505 g/mol. The van der Waals surface area contributed by atoms with E-state index in [1.165, 1.54) is 6.42 Å². The molecule has 9 atom stereocenters. The molecule has 0 amide bonds. The van der Waals surface area contributed by atoms with Crippen LogP contribution in [-0.4, -0.2) is 37.6 Å². The molecular weight excluding hydrogens is 444 g/mol. The van der Waals surface area contributed by atoms with Crippen molar-refractivity contribution in [3.05, 3.63) is 0 Å². The number of rotatable bonds is 0. The summed E-state index contributed by atoms with van der Waals surface area (Å²) in [7, 11) is 0. The van der Waals surface area contributed by atoms with Crippen molar-refractivity contribution < 1.29 is 14.2 Å². The van der Waals surface area contributed by atoms with Crippen molar-refractivity contribution in [2.24, 2.45) is 57.2 Å². The lowest BCUT2D eigenvalue weighted by Crippen LogP contribution is -2.49. The Morgan fingerprint density at radius 1 is 0.639 bits per heavy atom. The summed E-state index contributed by atoms with van der Waals surface area (Å²) in [4.78, 5) is 0. The van der Waals surface area contributed by atoms with E-state index in [1.54, 1.807) is 25.7 Å². The highest BCUT2D eigenvalue weighted by atomic mass is 16.6. The third-order valence-electron chi connectivity index (χ3n) is 11.1. The first-order valence-electron chi connectivity index (χ1n) is 15.2. The minimum absolute atomic E-state index is 0.188. The fourth-order valence-electron chi connectivity index (χ4n) is 7.39. The van der Waals surface area contributed by atoms with E-state index in [0.717, 1.165) is 67.5 Å². The maximum Gasteiger partial charge on any atom is 0.0936 e. The first kappa shape index (κ1) is 28.9. The second-order valence-electron chi connectivity index (χ2n) is 17.6. The summed E-state index contributed by atoms with van der Waals surface area (Å²) in [6.07, 6.45) is 9.18. The Bertz CT molecular complexity index is 748. The summed E-state index contributed by atoms with van der Waals surface area (Å²) in [5, 5.41) is 0. The van der Waals surface area contributed by atoms with E-state index in [2.05, 4.69) is 83.1 Å². The first-order chi connectivity index (χ1) is 16.3. The number of ether oxygens (including phenoxy) is 3. The van der Waals surface area contributed by atoms with E-state index in [1.807, 2.05) is 0 Å². The second-order valence-corrected chi connectivity index (χ2v) is 17.6. The lowest BCUT2D eigenvalue weighted by atomic mass is 9.67. The largest absolute Gasteiger partial charge is 0.380 e. The van der Waals surface area contributed by atoms with Crippen LogP contribution in [0, 0.1) is 57.2 Å². The lowest BCUT2D eigenvalue weighted by molar-refractivity contribution is -0.158. The molecule has 0 aromatic heterocycles. The summed E-state index contributed by atoms with van der Waals surface area (Å²) in [6, 6.07) is 0. The number of fused-ring (bicyclic) bond motifs is 11. The molecule has 3 heteroatoms. The van der Waals surface area contributed by atoms with Crippen LogP contribution >= 0.6 is 0 Å². The quantitative estimate of drug-likeness (QED) is 0.245. The van der Waals surface area contributed by atoms with Gasteiger partial charge in [-0.3, -0.25) is 0 Å². The van der Waals surface area contributed by atoms with Crippen molar-refractivity contribution in [3.63, 3.8) is 0 Å². The monoisotopic (exact) mass is 504 g/mol. The minimum atomic E-state index is 0.188. The van der Waals surface area contributed by atoms with Crippen molar-refractivity contribution in [3.8, 4) is 0 Å². The molecule has 9 unspecified atom stereocenters. The van der Waals surface area contributed by atoms with Gasteiger partial charge in [-0.05, 0) is 90.8 Å². The molecule has 36 heavy (non-hydrogen) atoms. The third kappa shape index (κ3) is 6.04. The molecular formula is C33H60O3. The molecule has 4 bridgehead atoms. The lowest BCUT2D eigenvalue weighted by Gasteiger charge is -2.48. The average Bonchev–Trinajstić information content (AvgIpc) is 3.51. The zero-order chi connectivity index (χ0) is 26.9. The molecule has 0 aromatic rings. The molecule has 3 heterocycles. The van der Waals surface area contributed by atoms with Crippen molar-refractivity contribution in [2.75, 3.05) is 19.8 Å². The van der Waals surface area contributed by atoms with Gasteiger partial charge in [-0.15, -0.1) is 0 Å². The van der Waals surface area contributed by atoms with Crippen LogP contribution in [0.25, 0.3) is 0 Å². The van der Waals surface area contributed by atoms with Crippen LogP contribution in [-0.2, 0) is 14.2 Å². The van der Waals surface area contributed by atoms with E-state index in [4.69, 9.17) is 14.2 Å². The summed E-state index contributed by atoms with van der Waals surface area (Å²) >= 11 is 0. The molecule has 0 N–H and O–H groups in total. The van der Waals surface area contributed by atoms with Gasteiger partial charge in [-0.2, -0.15) is 0 Å². The zero-order valence-electron chi connectivity index (χ0n) is 26.0. The van der Waals surface area contributed by atoms with Crippen molar-refractivity contribution >= 4 is 0 Å². The SMILES string of the molecule is C1CC2CC1C1C3CC4OC4C(C3)C21.CC(C)(C)C.CC(C)(C)C1(C)CO1.CC(C)(C)C1(C)COC1. The van der Waals surface area contributed by atoms with Gasteiger partial charge in [-0.25, -0.2) is 0 Å². The molecule has 3 saturated heterocycles. The Morgan fingerprint density at radius 2 is 1.17 bits per heavy atom. The Balaban J connectivity index is 0.000000122. The van der Waals surface area contributed by atoms with Crippen LogP contribution in [0.5, 0.6) is 0 Å². The van der Waals surface area contributed by atoms with Gasteiger partial charge >= 0.3 is 0 Å². The highest BCUT2D eigenvalue weighted by molar-refractivity contribution is 5.14. The van der Waals surface area contributed by atoms with Crippen LogP contribution in [0.3, 0.4) is 0 Å². The number of hydrogen-bond donors (Lipinski definition) is 0. The van der Waals surface area contributed by atoms with E-state index in [-0.39, 0.29) is 5.60 Å². The second kappa shape index (κ2) is 9.51. The first-order valence-corrected chi connectivity index (χ1v) is 15.2. The van der Waals surface area contributed by atoms with Gasteiger partial charge in [0, 0.05) is 5.41 Å². The van der Waals surface area contributed by atoms with Gasteiger partial charge in [0.1, 0.15) is 0 Å². The van der Waals surface area contributed by atoms with Gasteiger partial charge in [0.15, 0.2) is 0 Å².